The van der Waals surface area contributed by atoms with Crippen molar-refractivity contribution in [2.45, 2.75) is 19.5 Å². The minimum atomic E-state index is -0.309. The van der Waals surface area contributed by atoms with Gasteiger partial charge in [-0.3, -0.25) is 9.59 Å². The van der Waals surface area contributed by atoms with Crippen molar-refractivity contribution in [2.75, 3.05) is 13.7 Å². The third-order valence-electron chi connectivity index (χ3n) is 4.64. The van der Waals surface area contributed by atoms with Crippen LogP contribution < -0.4 is 10.9 Å². The molecule has 0 fully saturated rings. The summed E-state index contributed by atoms with van der Waals surface area (Å²) in [4.78, 5) is 26.8. The highest BCUT2D eigenvalue weighted by Crippen LogP contribution is 2.19. The van der Waals surface area contributed by atoms with Crippen LogP contribution in [0.2, 0.25) is 0 Å². The van der Waals surface area contributed by atoms with Gasteiger partial charge in [-0.1, -0.05) is 18.2 Å². The normalized spacial score (nSPS) is 12.5. The Labute approximate surface area is 165 Å². The topological polar surface area (TPSA) is 77.6 Å². The number of fused-ring (bicyclic) bond motifs is 3. The van der Waals surface area contributed by atoms with E-state index in [1.165, 1.54) is 0 Å². The molecule has 1 N–H and O–H groups in total. The molecular weight excluding hydrogens is 376 g/mol. The Bertz CT molecular complexity index is 1190. The molecule has 1 atom stereocenters. The van der Waals surface area contributed by atoms with Crippen LogP contribution in [0.15, 0.2) is 52.6 Å². The van der Waals surface area contributed by atoms with Gasteiger partial charge in [0.15, 0.2) is 5.69 Å². The summed E-state index contributed by atoms with van der Waals surface area (Å²) in [6.07, 6.45) is 0. The fourth-order valence-electron chi connectivity index (χ4n) is 3.23. The Morgan fingerprint density at radius 2 is 2.00 bits per heavy atom. The molecular formula is C20H20N4O3S. The lowest BCUT2D eigenvalue weighted by molar-refractivity contribution is 0.0935. The van der Waals surface area contributed by atoms with Crippen LogP contribution in [0, 0.1) is 0 Å². The highest BCUT2D eigenvalue weighted by atomic mass is 32.1. The number of amides is 1. The minimum absolute atomic E-state index is 0.132. The van der Waals surface area contributed by atoms with Crippen molar-refractivity contribution in [2.24, 2.45) is 0 Å². The van der Waals surface area contributed by atoms with Crippen molar-refractivity contribution in [1.29, 1.82) is 0 Å². The van der Waals surface area contributed by atoms with E-state index in [2.05, 4.69) is 10.4 Å². The van der Waals surface area contributed by atoms with E-state index >= 15 is 0 Å². The van der Waals surface area contributed by atoms with Crippen molar-refractivity contribution in [3.63, 3.8) is 0 Å². The second kappa shape index (κ2) is 7.57. The molecule has 4 aromatic rings. The fourth-order valence-corrected chi connectivity index (χ4v) is 3.97. The summed E-state index contributed by atoms with van der Waals surface area (Å²) >= 11 is 1.58. The van der Waals surface area contributed by atoms with Gasteiger partial charge in [-0.15, -0.1) is 11.3 Å². The molecule has 7 nitrogen and oxygen atoms in total. The first-order chi connectivity index (χ1) is 13.6. The molecule has 0 aliphatic rings. The number of hydrogen-bond donors (Lipinski definition) is 1. The lowest BCUT2D eigenvalue weighted by Gasteiger charge is -2.11. The Morgan fingerprint density at radius 1 is 1.21 bits per heavy atom. The Balaban J connectivity index is 1.78. The second-order valence-electron chi connectivity index (χ2n) is 6.48. The Hall–Kier alpha value is -2.97. The van der Waals surface area contributed by atoms with Gasteiger partial charge in [0.1, 0.15) is 5.52 Å². The fraction of sp³-hybridized carbons (Fsp3) is 0.250. The van der Waals surface area contributed by atoms with E-state index in [1.807, 2.05) is 48.7 Å². The highest BCUT2D eigenvalue weighted by Gasteiger charge is 2.19. The number of carbonyl (C=O) groups excluding carboxylic acids is 1. The third kappa shape index (κ3) is 3.21. The number of hydrogen-bond acceptors (Lipinski definition) is 5. The molecule has 0 saturated heterocycles. The van der Waals surface area contributed by atoms with Gasteiger partial charge in [0.25, 0.3) is 11.5 Å². The number of carbonyl (C=O) groups is 1. The number of benzene rings is 1. The molecule has 1 unspecified atom stereocenters. The van der Waals surface area contributed by atoms with Crippen LogP contribution >= 0.6 is 11.3 Å². The maximum absolute atomic E-state index is 13.0. The summed E-state index contributed by atoms with van der Waals surface area (Å²) in [6.45, 7) is 2.76. The number of nitrogens with one attached hydrogen (secondary N) is 1. The monoisotopic (exact) mass is 396 g/mol. The van der Waals surface area contributed by atoms with Crippen LogP contribution in [-0.2, 0) is 11.3 Å². The average molecular weight is 396 g/mol. The van der Waals surface area contributed by atoms with Crippen molar-refractivity contribution in [1.82, 2.24) is 19.5 Å². The highest BCUT2D eigenvalue weighted by molar-refractivity contribution is 7.10. The lowest BCUT2D eigenvalue weighted by Crippen LogP contribution is -2.26. The number of para-hydroxylation sites is 2. The third-order valence-corrected chi connectivity index (χ3v) is 5.70. The van der Waals surface area contributed by atoms with Gasteiger partial charge in [0.2, 0.25) is 0 Å². The van der Waals surface area contributed by atoms with Gasteiger partial charge in [0, 0.05) is 24.6 Å². The summed E-state index contributed by atoms with van der Waals surface area (Å²) in [5.74, 6) is -0.309. The van der Waals surface area contributed by atoms with Crippen LogP contribution in [0.5, 0.6) is 0 Å². The number of rotatable bonds is 6. The first-order valence-corrected chi connectivity index (χ1v) is 9.82. The van der Waals surface area contributed by atoms with Crippen LogP contribution in [0.4, 0.5) is 0 Å². The number of ether oxygens (including phenoxy) is 1. The Kier molecular flexibility index (Phi) is 4.97. The lowest BCUT2D eigenvalue weighted by atomic mass is 10.2. The molecule has 1 aromatic carbocycles. The predicted octanol–water partition coefficient (Wildman–Crippen LogP) is 2.85. The molecule has 0 bridgehead atoms. The van der Waals surface area contributed by atoms with Crippen LogP contribution in [-0.4, -0.2) is 33.8 Å². The number of aromatic nitrogens is 3. The first-order valence-electron chi connectivity index (χ1n) is 8.94. The average Bonchev–Trinajstić information content (AvgIpc) is 3.38. The van der Waals surface area contributed by atoms with E-state index in [9.17, 15) is 9.59 Å². The first kappa shape index (κ1) is 18.4. The SMILES string of the molecule is COCCn1c(=O)c2cc(C(=O)NC(C)c3cccs3)nn2c2ccccc21. The largest absolute Gasteiger partial charge is 0.383 e. The van der Waals surface area contributed by atoms with Crippen LogP contribution in [0.1, 0.15) is 28.3 Å². The summed E-state index contributed by atoms with van der Waals surface area (Å²) in [6, 6.07) is 12.8. The van der Waals surface area contributed by atoms with Crippen LogP contribution in [0.25, 0.3) is 16.6 Å². The molecule has 144 valence electrons. The van der Waals surface area contributed by atoms with Crippen molar-refractivity contribution in [3.05, 3.63) is 68.8 Å². The molecule has 4 rings (SSSR count). The quantitative estimate of drug-likeness (QED) is 0.544. The standard InChI is InChI=1S/C20H20N4O3S/c1-13(18-8-5-11-28-18)21-19(25)14-12-17-20(26)23(9-10-27-2)15-6-3-4-7-16(15)24(17)22-14/h3-8,11-13H,9-10H2,1-2H3,(H,21,25). The predicted molar refractivity (Wildman–Crippen MR) is 109 cm³/mol. The summed E-state index contributed by atoms with van der Waals surface area (Å²) in [5, 5.41) is 9.33. The molecule has 3 aromatic heterocycles. The zero-order valence-electron chi connectivity index (χ0n) is 15.6. The number of methoxy groups -OCH3 is 1. The molecule has 3 heterocycles. The summed E-state index contributed by atoms with van der Waals surface area (Å²) < 4.78 is 8.34. The van der Waals surface area contributed by atoms with Crippen LogP contribution in [0.3, 0.4) is 0 Å². The van der Waals surface area contributed by atoms with Gasteiger partial charge in [-0.2, -0.15) is 5.10 Å². The molecule has 0 aliphatic heterocycles. The number of nitrogens with zero attached hydrogens (tertiary/aromatic N) is 3. The van der Waals surface area contributed by atoms with Gasteiger partial charge in [-0.05, 0) is 30.5 Å². The van der Waals surface area contributed by atoms with E-state index in [1.54, 1.807) is 33.6 Å². The molecule has 8 heteroatoms. The zero-order chi connectivity index (χ0) is 19.7. The maximum atomic E-state index is 13.0. The van der Waals surface area contributed by atoms with Gasteiger partial charge in [-0.25, -0.2) is 4.52 Å². The molecule has 0 radical (unpaired) electrons. The van der Waals surface area contributed by atoms with E-state index in [0.29, 0.717) is 18.7 Å². The minimum Gasteiger partial charge on any atom is -0.383 e. The summed E-state index contributed by atoms with van der Waals surface area (Å²) in [7, 11) is 1.60. The second-order valence-corrected chi connectivity index (χ2v) is 7.45. The Morgan fingerprint density at radius 3 is 2.71 bits per heavy atom. The van der Waals surface area contributed by atoms with E-state index in [0.717, 1.165) is 15.9 Å². The smallest absolute Gasteiger partial charge is 0.277 e. The van der Waals surface area contributed by atoms with Gasteiger partial charge in [0.05, 0.1) is 23.7 Å². The van der Waals surface area contributed by atoms with Crippen molar-refractivity contribution < 1.29 is 9.53 Å². The molecule has 1 amide bonds. The number of thiophene rings is 1. The van der Waals surface area contributed by atoms with Gasteiger partial charge < -0.3 is 14.6 Å². The maximum Gasteiger partial charge on any atom is 0.277 e. The molecule has 0 saturated carbocycles. The van der Waals surface area contributed by atoms with E-state index in [4.69, 9.17) is 4.74 Å². The van der Waals surface area contributed by atoms with E-state index in [-0.39, 0.29) is 23.2 Å². The zero-order valence-corrected chi connectivity index (χ0v) is 16.4. The molecule has 0 spiro atoms. The van der Waals surface area contributed by atoms with Crippen molar-refractivity contribution in [3.8, 4) is 0 Å². The molecule has 0 aliphatic carbocycles. The molecule has 28 heavy (non-hydrogen) atoms. The van der Waals surface area contributed by atoms with Gasteiger partial charge >= 0.3 is 0 Å². The van der Waals surface area contributed by atoms with Crippen molar-refractivity contribution >= 4 is 33.8 Å². The van der Waals surface area contributed by atoms with E-state index < -0.39 is 0 Å². The summed E-state index contributed by atoms with van der Waals surface area (Å²) in [5.41, 5.74) is 1.89.